The quantitative estimate of drug-likeness (QED) is 0.508. The molecule has 4 rings (SSSR count). The van der Waals surface area contributed by atoms with Gasteiger partial charge in [0.1, 0.15) is 5.75 Å². The number of hydrogen-bond acceptors (Lipinski definition) is 6. The van der Waals surface area contributed by atoms with Gasteiger partial charge >= 0.3 is 5.97 Å². The number of amides is 1. The maximum Gasteiger partial charge on any atom is 0.348 e. The molecule has 1 saturated carbocycles. The normalized spacial score (nSPS) is 18.8. The van der Waals surface area contributed by atoms with Crippen LogP contribution in [0.25, 0.3) is 0 Å². The maximum atomic E-state index is 13.7. The van der Waals surface area contributed by atoms with Crippen LogP contribution in [0.4, 0.5) is 5.69 Å². The number of halogens is 1. The highest BCUT2D eigenvalue weighted by atomic mass is 79.9. The summed E-state index contributed by atoms with van der Waals surface area (Å²) < 4.78 is 40.0. The van der Waals surface area contributed by atoms with E-state index in [2.05, 4.69) is 15.9 Å². The minimum Gasteiger partial charge on any atom is -0.475 e. The molecule has 2 aromatic rings. The Balaban J connectivity index is 1.66. The second-order valence-corrected chi connectivity index (χ2v) is 11.2. The number of carbonyl (C=O) groups excluding carboxylic acids is 2. The lowest BCUT2D eigenvalue weighted by atomic mass is 9.95. The molecule has 0 bridgehead atoms. The first-order valence-corrected chi connectivity index (χ1v) is 13.5. The molecule has 0 spiro atoms. The molecule has 0 aromatic heterocycles. The molecule has 1 amide bonds. The van der Waals surface area contributed by atoms with Gasteiger partial charge in [-0.15, -0.1) is 0 Å². The minimum atomic E-state index is -3.92. The molecule has 0 unspecified atom stereocenters. The van der Waals surface area contributed by atoms with Gasteiger partial charge in [-0.05, 0) is 49.2 Å². The molecule has 8 nitrogen and oxygen atoms in total. The number of benzene rings is 2. The Morgan fingerprint density at radius 1 is 1.09 bits per heavy atom. The van der Waals surface area contributed by atoms with Crippen molar-refractivity contribution in [2.24, 2.45) is 0 Å². The average Bonchev–Trinajstić information content (AvgIpc) is 2.86. The summed E-state index contributed by atoms with van der Waals surface area (Å²) in [4.78, 5) is 27.4. The Bertz CT molecular complexity index is 1150. The van der Waals surface area contributed by atoms with E-state index in [1.54, 1.807) is 36.4 Å². The Kier molecular flexibility index (Phi) is 7.59. The summed E-state index contributed by atoms with van der Waals surface area (Å²) in [6.07, 6.45) is 3.29. The highest BCUT2D eigenvalue weighted by Crippen LogP contribution is 2.34. The van der Waals surface area contributed by atoms with Crippen molar-refractivity contribution in [3.63, 3.8) is 0 Å². The summed E-state index contributed by atoms with van der Waals surface area (Å²) in [5.74, 6) is -0.646. The third-order valence-electron chi connectivity index (χ3n) is 6.23. The lowest BCUT2D eigenvalue weighted by Crippen LogP contribution is -2.52. The summed E-state index contributed by atoms with van der Waals surface area (Å²) in [6.45, 7) is -0.384. The van der Waals surface area contributed by atoms with E-state index in [1.165, 1.54) is 28.4 Å². The Hall–Kier alpha value is -2.43. The summed E-state index contributed by atoms with van der Waals surface area (Å²) >= 11 is 3.34. The molecular formula is C24H27BrN2O6S. The summed E-state index contributed by atoms with van der Waals surface area (Å²) in [5, 5.41) is 0. The predicted molar refractivity (Wildman–Crippen MR) is 130 cm³/mol. The van der Waals surface area contributed by atoms with E-state index < -0.39 is 28.0 Å². The van der Waals surface area contributed by atoms with Gasteiger partial charge in [-0.1, -0.05) is 47.3 Å². The van der Waals surface area contributed by atoms with Crippen molar-refractivity contribution in [3.05, 3.63) is 53.0 Å². The lowest BCUT2D eigenvalue weighted by molar-refractivity contribution is -0.148. The van der Waals surface area contributed by atoms with Gasteiger partial charge < -0.3 is 14.4 Å². The first-order chi connectivity index (χ1) is 16.3. The van der Waals surface area contributed by atoms with Gasteiger partial charge in [0.2, 0.25) is 22.0 Å². The van der Waals surface area contributed by atoms with Gasteiger partial charge in [0.05, 0.1) is 30.8 Å². The Morgan fingerprint density at radius 2 is 1.76 bits per heavy atom. The largest absolute Gasteiger partial charge is 0.475 e. The van der Waals surface area contributed by atoms with Crippen molar-refractivity contribution >= 4 is 43.5 Å². The molecule has 0 N–H and O–H groups in total. The van der Waals surface area contributed by atoms with Crippen LogP contribution < -0.4 is 9.64 Å². The zero-order chi connectivity index (χ0) is 24.3. The summed E-state index contributed by atoms with van der Waals surface area (Å²) in [7, 11) is -2.66. The SMILES string of the molecule is COC(=O)[C@H]1CN(C(=O)CN(C2CCCCC2)S(=O)(=O)c2ccc(Br)cc2)c2ccccc2O1. The monoisotopic (exact) mass is 550 g/mol. The third-order valence-corrected chi connectivity index (χ3v) is 8.67. The van der Waals surface area contributed by atoms with E-state index in [0.29, 0.717) is 24.3 Å². The lowest BCUT2D eigenvalue weighted by Gasteiger charge is -2.37. The molecule has 182 valence electrons. The molecule has 0 saturated heterocycles. The number of sulfonamides is 1. The summed E-state index contributed by atoms with van der Waals surface area (Å²) in [6, 6.07) is 13.1. The molecule has 34 heavy (non-hydrogen) atoms. The summed E-state index contributed by atoms with van der Waals surface area (Å²) in [5.41, 5.74) is 0.497. The molecule has 1 fully saturated rings. The standard InChI is InChI=1S/C24H27BrN2O6S/c1-32-24(29)22-15-26(20-9-5-6-10-21(20)33-22)23(28)16-27(18-7-3-2-4-8-18)34(30,31)19-13-11-17(25)12-14-19/h5-6,9-14,18,22H,2-4,7-8,15-16H2,1H3/t22-/m1/s1. The number of carbonyl (C=O) groups is 2. The maximum absolute atomic E-state index is 13.7. The molecule has 1 aliphatic carbocycles. The second kappa shape index (κ2) is 10.5. The predicted octanol–water partition coefficient (Wildman–Crippen LogP) is 3.74. The fraction of sp³-hybridized carbons (Fsp3) is 0.417. The molecule has 0 radical (unpaired) electrons. The van der Waals surface area contributed by atoms with Gasteiger partial charge in [-0.2, -0.15) is 4.31 Å². The van der Waals surface area contributed by atoms with Crippen molar-refractivity contribution in [2.75, 3.05) is 25.1 Å². The fourth-order valence-electron chi connectivity index (χ4n) is 4.46. The van der Waals surface area contributed by atoms with Crippen LogP contribution in [-0.2, 0) is 24.3 Å². The highest BCUT2D eigenvalue weighted by molar-refractivity contribution is 9.10. The van der Waals surface area contributed by atoms with Crippen LogP contribution in [0.3, 0.4) is 0 Å². The van der Waals surface area contributed by atoms with E-state index in [-0.39, 0.29) is 24.0 Å². The van der Waals surface area contributed by atoms with Gasteiger partial charge in [-0.3, -0.25) is 4.79 Å². The van der Waals surface area contributed by atoms with Crippen LogP contribution in [0.2, 0.25) is 0 Å². The number of methoxy groups -OCH3 is 1. The van der Waals surface area contributed by atoms with Crippen LogP contribution in [0.1, 0.15) is 32.1 Å². The van der Waals surface area contributed by atoms with Crippen LogP contribution in [0.5, 0.6) is 5.75 Å². The van der Waals surface area contributed by atoms with E-state index in [9.17, 15) is 18.0 Å². The van der Waals surface area contributed by atoms with Crippen LogP contribution in [0, 0.1) is 0 Å². The minimum absolute atomic E-state index is 0.0562. The number of para-hydroxylation sites is 2. The number of nitrogens with zero attached hydrogens (tertiary/aromatic N) is 2. The van der Waals surface area contributed by atoms with E-state index in [0.717, 1.165) is 23.7 Å². The first-order valence-electron chi connectivity index (χ1n) is 11.2. The zero-order valence-electron chi connectivity index (χ0n) is 18.9. The van der Waals surface area contributed by atoms with Crippen LogP contribution >= 0.6 is 15.9 Å². The third kappa shape index (κ3) is 5.13. The molecule has 10 heteroatoms. The molecule has 2 aromatic carbocycles. The van der Waals surface area contributed by atoms with Crippen molar-refractivity contribution < 1.29 is 27.5 Å². The molecular weight excluding hydrogens is 524 g/mol. The number of esters is 1. The topological polar surface area (TPSA) is 93.2 Å². The number of rotatable bonds is 6. The molecule has 2 aliphatic rings. The number of ether oxygens (including phenoxy) is 2. The van der Waals surface area contributed by atoms with E-state index >= 15 is 0 Å². The number of hydrogen-bond donors (Lipinski definition) is 0. The fourth-order valence-corrected chi connectivity index (χ4v) is 6.36. The molecule has 1 atom stereocenters. The number of fused-ring (bicyclic) bond motifs is 1. The molecule has 1 aliphatic heterocycles. The smallest absolute Gasteiger partial charge is 0.348 e. The van der Waals surface area contributed by atoms with Crippen LogP contribution in [0.15, 0.2) is 57.9 Å². The van der Waals surface area contributed by atoms with Gasteiger partial charge in [0, 0.05) is 10.5 Å². The Morgan fingerprint density at radius 3 is 2.44 bits per heavy atom. The van der Waals surface area contributed by atoms with Gasteiger partial charge in [-0.25, -0.2) is 13.2 Å². The van der Waals surface area contributed by atoms with Crippen molar-refractivity contribution in [1.29, 1.82) is 0 Å². The van der Waals surface area contributed by atoms with Crippen LogP contribution in [-0.4, -0.2) is 56.9 Å². The van der Waals surface area contributed by atoms with Gasteiger partial charge in [0.25, 0.3) is 0 Å². The number of anilines is 1. The highest BCUT2D eigenvalue weighted by Gasteiger charge is 2.39. The zero-order valence-corrected chi connectivity index (χ0v) is 21.3. The average molecular weight is 551 g/mol. The first kappa shape index (κ1) is 24.7. The van der Waals surface area contributed by atoms with Crippen molar-refractivity contribution in [1.82, 2.24) is 4.31 Å². The van der Waals surface area contributed by atoms with Crippen molar-refractivity contribution in [3.8, 4) is 5.75 Å². The second-order valence-electron chi connectivity index (χ2n) is 8.40. The molecule has 1 heterocycles. The van der Waals surface area contributed by atoms with Crippen molar-refractivity contribution in [2.45, 2.75) is 49.1 Å². The van der Waals surface area contributed by atoms with Gasteiger partial charge in [0.15, 0.2) is 0 Å². The Labute approximate surface area is 208 Å². The van der Waals surface area contributed by atoms with E-state index in [4.69, 9.17) is 9.47 Å². The van der Waals surface area contributed by atoms with E-state index in [1.807, 2.05) is 0 Å².